The van der Waals surface area contributed by atoms with Crippen LogP contribution in [0.25, 0.3) is 0 Å². The Kier molecular flexibility index (Phi) is 10.3. The lowest BCUT2D eigenvalue weighted by atomic mass is 10.0. The van der Waals surface area contributed by atoms with E-state index < -0.39 is 0 Å². The van der Waals surface area contributed by atoms with Gasteiger partial charge in [-0.2, -0.15) is 0 Å². The van der Waals surface area contributed by atoms with Crippen LogP contribution in [0.15, 0.2) is 0 Å². The Hall–Kier alpha value is -0.120. The van der Waals surface area contributed by atoms with Gasteiger partial charge in [-0.15, -0.1) is 0 Å². The Morgan fingerprint density at radius 1 is 1.14 bits per heavy atom. The van der Waals surface area contributed by atoms with E-state index in [1.165, 1.54) is 44.9 Å². The molecule has 1 rings (SSSR count). The molecule has 0 aliphatic heterocycles. The molecular weight excluding hydrogens is 262 g/mol. The molecule has 0 saturated heterocycles. The van der Waals surface area contributed by atoms with Crippen LogP contribution in [0.5, 0.6) is 0 Å². The number of aliphatic hydroxyl groups is 1. The molecule has 0 aromatic heterocycles. The number of hydrogen-bond acceptors (Lipinski definition) is 3. The molecule has 3 atom stereocenters. The Morgan fingerprint density at radius 2 is 1.90 bits per heavy atom. The lowest BCUT2D eigenvalue weighted by Crippen LogP contribution is -2.37. The van der Waals surface area contributed by atoms with Crippen molar-refractivity contribution < 1.29 is 9.84 Å². The first kappa shape index (κ1) is 18.9. The zero-order valence-electron chi connectivity index (χ0n) is 14.4. The van der Waals surface area contributed by atoms with Crippen LogP contribution in [0.3, 0.4) is 0 Å². The number of nitrogens with one attached hydrogen (secondary N) is 1. The predicted molar refractivity (Wildman–Crippen MR) is 89.6 cm³/mol. The van der Waals surface area contributed by atoms with E-state index in [9.17, 15) is 5.11 Å². The van der Waals surface area contributed by atoms with Crippen LogP contribution in [0.4, 0.5) is 0 Å². The fraction of sp³-hybridized carbons (Fsp3) is 1.00. The van der Waals surface area contributed by atoms with E-state index in [2.05, 4.69) is 26.1 Å². The molecule has 21 heavy (non-hydrogen) atoms. The Bertz CT molecular complexity index is 243. The topological polar surface area (TPSA) is 41.5 Å². The zero-order chi connectivity index (χ0) is 15.5. The molecule has 126 valence electrons. The lowest BCUT2D eigenvalue weighted by Gasteiger charge is -2.20. The standard InChI is InChI=1S/C18H37NO2/c1-4-7-8-15(5-2)13-21-14-18(20)12-19-17(6-3)11-16-9-10-16/h15-20H,4-14H2,1-3H3. The second-order valence-corrected chi connectivity index (χ2v) is 6.80. The SMILES string of the molecule is CCCCC(CC)COCC(O)CNC(CC)CC1CC1. The van der Waals surface area contributed by atoms with Gasteiger partial charge in [0.25, 0.3) is 0 Å². The molecule has 0 amide bonds. The van der Waals surface area contributed by atoms with Crippen molar-refractivity contribution in [3.63, 3.8) is 0 Å². The molecule has 3 unspecified atom stereocenters. The largest absolute Gasteiger partial charge is 0.389 e. The van der Waals surface area contributed by atoms with Gasteiger partial charge in [-0.3, -0.25) is 0 Å². The molecule has 0 spiro atoms. The van der Waals surface area contributed by atoms with Gasteiger partial charge in [0.15, 0.2) is 0 Å². The van der Waals surface area contributed by atoms with Crippen molar-refractivity contribution >= 4 is 0 Å². The van der Waals surface area contributed by atoms with Gasteiger partial charge < -0.3 is 15.2 Å². The Balaban J connectivity index is 2.04. The summed E-state index contributed by atoms with van der Waals surface area (Å²) in [7, 11) is 0. The molecule has 0 aromatic carbocycles. The van der Waals surface area contributed by atoms with Crippen LogP contribution in [-0.2, 0) is 4.74 Å². The molecule has 0 aromatic rings. The maximum atomic E-state index is 10.0. The highest BCUT2D eigenvalue weighted by atomic mass is 16.5. The molecule has 1 aliphatic carbocycles. The Morgan fingerprint density at radius 3 is 2.48 bits per heavy atom. The summed E-state index contributed by atoms with van der Waals surface area (Å²) >= 11 is 0. The number of unbranched alkanes of at least 4 members (excludes halogenated alkanes) is 1. The van der Waals surface area contributed by atoms with Crippen LogP contribution in [-0.4, -0.2) is 37.0 Å². The quantitative estimate of drug-likeness (QED) is 0.513. The third kappa shape index (κ3) is 9.49. The van der Waals surface area contributed by atoms with E-state index in [4.69, 9.17) is 4.74 Å². The van der Waals surface area contributed by atoms with Gasteiger partial charge >= 0.3 is 0 Å². The van der Waals surface area contributed by atoms with Crippen molar-refractivity contribution in [2.75, 3.05) is 19.8 Å². The number of hydrogen-bond donors (Lipinski definition) is 2. The first-order valence-corrected chi connectivity index (χ1v) is 9.18. The van der Waals surface area contributed by atoms with Gasteiger partial charge in [-0.05, 0) is 31.1 Å². The summed E-state index contributed by atoms with van der Waals surface area (Å²) in [6, 6.07) is 0.570. The van der Waals surface area contributed by atoms with Crippen LogP contribution >= 0.6 is 0 Å². The summed E-state index contributed by atoms with van der Waals surface area (Å²) < 4.78 is 5.71. The average Bonchev–Trinajstić information content (AvgIpc) is 3.30. The van der Waals surface area contributed by atoms with E-state index in [1.807, 2.05) is 0 Å². The summed E-state index contributed by atoms with van der Waals surface area (Å²) in [5, 5.41) is 13.5. The van der Waals surface area contributed by atoms with E-state index >= 15 is 0 Å². The molecular formula is C18H37NO2. The van der Waals surface area contributed by atoms with E-state index in [0.717, 1.165) is 18.9 Å². The minimum absolute atomic E-state index is 0.373. The molecule has 1 aliphatic rings. The van der Waals surface area contributed by atoms with Gasteiger partial charge in [0.05, 0.1) is 12.7 Å². The molecule has 2 N–H and O–H groups in total. The minimum Gasteiger partial charge on any atom is -0.389 e. The van der Waals surface area contributed by atoms with Gasteiger partial charge in [0.1, 0.15) is 0 Å². The Labute approximate surface area is 131 Å². The third-order valence-electron chi connectivity index (χ3n) is 4.66. The third-order valence-corrected chi connectivity index (χ3v) is 4.66. The second kappa shape index (κ2) is 11.4. The summed E-state index contributed by atoms with van der Waals surface area (Å²) in [5.41, 5.74) is 0. The predicted octanol–water partition coefficient (Wildman–Crippen LogP) is 3.75. The van der Waals surface area contributed by atoms with Gasteiger partial charge in [-0.1, -0.05) is 52.9 Å². The molecule has 0 bridgehead atoms. The van der Waals surface area contributed by atoms with Crippen molar-refractivity contribution in [1.29, 1.82) is 0 Å². The molecule has 3 heteroatoms. The first-order valence-electron chi connectivity index (χ1n) is 9.18. The van der Waals surface area contributed by atoms with E-state index in [-0.39, 0.29) is 6.10 Å². The minimum atomic E-state index is -0.373. The monoisotopic (exact) mass is 299 g/mol. The summed E-state index contributed by atoms with van der Waals surface area (Å²) in [5.74, 6) is 1.60. The highest BCUT2D eigenvalue weighted by Crippen LogP contribution is 2.33. The highest BCUT2D eigenvalue weighted by molar-refractivity contribution is 4.80. The maximum absolute atomic E-state index is 10.0. The summed E-state index contributed by atoms with van der Waals surface area (Å²) in [6.45, 7) is 8.61. The lowest BCUT2D eigenvalue weighted by molar-refractivity contribution is 0.0181. The van der Waals surface area contributed by atoms with E-state index in [0.29, 0.717) is 25.1 Å². The van der Waals surface area contributed by atoms with Crippen molar-refractivity contribution in [3.05, 3.63) is 0 Å². The number of aliphatic hydroxyl groups excluding tert-OH is 1. The smallest absolute Gasteiger partial charge is 0.0897 e. The fourth-order valence-electron chi connectivity index (χ4n) is 2.78. The van der Waals surface area contributed by atoms with Crippen molar-refractivity contribution in [2.24, 2.45) is 11.8 Å². The average molecular weight is 299 g/mol. The summed E-state index contributed by atoms with van der Waals surface area (Å²) in [4.78, 5) is 0. The maximum Gasteiger partial charge on any atom is 0.0897 e. The van der Waals surface area contributed by atoms with Crippen LogP contribution < -0.4 is 5.32 Å². The zero-order valence-corrected chi connectivity index (χ0v) is 14.4. The molecule has 3 nitrogen and oxygen atoms in total. The normalized spacial score (nSPS) is 19.4. The van der Waals surface area contributed by atoms with Crippen LogP contribution in [0, 0.1) is 11.8 Å². The molecule has 0 heterocycles. The van der Waals surface area contributed by atoms with Crippen molar-refractivity contribution in [1.82, 2.24) is 5.32 Å². The van der Waals surface area contributed by atoms with Crippen LogP contribution in [0.1, 0.15) is 72.1 Å². The van der Waals surface area contributed by atoms with Crippen LogP contribution in [0.2, 0.25) is 0 Å². The molecule has 1 saturated carbocycles. The second-order valence-electron chi connectivity index (χ2n) is 6.80. The first-order chi connectivity index (χ1) is 10.2. The van der Waals surface area contributed by atoms with Gasteiger partial charge in [0.2, 0.25) is 0 Å². The molecule has 1 fully saturated rings. The number of rotatable bonds is 14. The highest BCUT2D eigenvalue weighted by Gasteiger charge is 2.24. The van der Waals surface area contributed by atoms with Crippen molar-refractivity contribution in [2.45, 2.75) is 84.3 Å². The fourth-order valence-corrected chi connectivity index (χ4v) is 2.78. The van der Waals surface area contributed by atoms with Gasteiger partial charge in [0, 0.05) is 19.2 Å². The van der Waals surface area contributed by atoms with Gasteiger partial charge in [-0.25, -0.2) is 0 Å². The van der Waals surface area contributed by atoms with E-state index in [1.54, 1.807) is 0 Å². The number of ether oxygens (including phenoxy) is 1. The molecule has 0 radical (unpaired) electrons. The summed E-state index contributed by atoms with van der Waals surface area (Å²) in [6.07, 6.45) is 9.82. The van der Waals surface area contributed by atoms with Crippen molar-refractivity contribution in [3.8, 4) is 0 Å².